The molecule has 1 aromatic heterocycles. The molecule has 5 rings (SSSR count). The van der Waals surface area contributed by atoms with Gasteiger partial charge in [0.25, 0.3) is 0 Å². The number of nitrogens with one attached hydrogen (secondary N) is 1. The van der Waals surface area contributed by atoms with Gasteiger partial charge in [-0.15, -0.1) is 0 Å². The minimum absolute atomic E-state index is 0.110. The maximum Gasteiger partial charge on any atom is 0.229 e. The first kappa shape index (κ1) is 19.9. The van der Waals surface area contributed by atoms with Crippen LogP contribution in [0.1, 0.15) is 28.1 Å². The monoisotopic (exact) mass is 421 g/mol. The maximum atomic E-state index is 12.8. The Hall–Kier alpha value is -3.99. The number of carbonyl (C=O) groups is 1. The quantitative estimate of drug-likeness (QED) is 0.489. The molecule has 3 aromatic carbocycles. The van der Waals surface area contributed by atoms with Crippen LogP contribution in [0.3, 0.4) is 0 Å². The Morgan fingerprint density at radius 3 is 2.34 bits per heavy atom. The highest BCUT2D eigenvalue weighted by atomic mass is 16.3. The molecule has 0 atom stereocenters. The molecular weight excluding hydrogens is 398 g/mol. The molecule has 5 heteroatoms. The molecule has 0 fully saturated rings. The summed E-state index contributed by atoms with van der Waals surface area (Å²) in [5.74, 6) is 0.672. The third-order valence-corrected chi connectivity index (χ3v) is 5.70. The molecule has 158 valence electrons. The van der Waals surface area contributed by atoms with Crippen molar-refractivity contribution in [3.63, 3.8) is 0 Å². The number of benzene rings is 3. The normalized spacial score (nSPS) is 12.0. The Labute approximate surface area is 186 Å². The number of aromatic nitrogens is 2. The molecule has 0 saturated carbocycles. The second-order valence-electron chi connectivity index (χ2n) is 8.03. The molecule has 0 radical (unpaired) electrons. The molecule has 1 amide bonds. The van der Waals surface area contributed by atoms with Gasteiger partial charge in [0.15, 0.2) is 5.82 Å². The number of hydrogen-bond donors (Lipinski definition) is 2. The molecule has 2 N–H and O–H groups in total. The molecular formula is C27H23N3O2. The second-order valence-corrected chi connectivity index (χ2v) is 8.03. The lowest BCUT2D eigenvalue weighted by atomic mass is 9.91. The van der Waals surface area contributed by atoms with Crippen LogP contribution in [0.15, 0.2) is 78.9 Å². The van der Waals surface area contributed by atoms with E-state index in [4.69, 9.17) is 9.97 Å². The fourth-order valence-electron chi connectivity index (χ4n) is 4.14. The number of amides is 1. The van der Waals surface area contributed by atoms with Gasteiger partial charge in [-0.1, -0.05) is 60.7 Å². The van der Waals surface area contributed by atoms with Gasteiger partial charge in [-0.05, 0) is 47.7 Å². The van der Waals surface area contributed by atoms with Gasteiger partial charge in [-0.25, -0.2) is 9.97 Å². The van der Waals surface area contributed by atoms with E-state index < -0.39 is 0 Å². The van der Waals surface area contributed by atoms with E-state index in [1.807, 2.05) is 66.7 Å². The predicted octanol–water partition coefficient (Wildman–Crippen LogP) is 4.72. The number of anilines is 1. The van der Waals surface area contributed by atoms with Crippen molar-refractivity contribution in [3.8, 4) is 17.0 Å². The van der Waals surface area contributed by atoms with Crippen LogP contribution in [0.25, 0.3) is 11.3 Å². The Kier molecular flexibility index (Phi) is 5.38. The summed E-state index contributed by atoms with van der Waals surface area (Å²) in [4.78, 5) is 22.6. The van der Waals surface area contributed by atoms with Gasteiger partial charge in [0, 0.05) is 12.0 Å². The van der Waals surface area contributed by atoms with Crippen molar-refractivity contribution in [3.05, 3.63) is 107 Å². The predicted molar refractivity (Wildman–Crippen MR) is 125 cm³/mol. The zero-order valence-electron chi connectivity index (χ0n) is 17.6. The zero-order valence-corrected chi connectivity index (χ0v) is 17.6. The van der Waals surface area contributed by atoms with Crippen LogP contribution in [-0.4, -0.2) is 21.0 Å². The molecule has 32 heavy (non-hydrogen) atoms. The van der Waals surface area contributed by atoms with Gasteiger partial charge in [-0.2, -0.15) is 0 Å². The fraction of sp³-hybridized carbons (Fsp3) is 0.148. The molecule has 4 aromatic rings. The first-order valence-corrected chi connectivity index (χ1v) is 10.8. The summed E-state index contributed by atoms with van der Waals surface area (Å²) in [5.41, 5.74) is 6.55. The lowest BCUT2D eigenvalue weighted by Crippen LogP contribution is -2.20. The highest BCUT2D eigenvalue weighted by Gasteiger charge is 2.23. The summed E-state index contributed by atoms with van der Waals surface area (Å²) in [5, 5.41) is 12.9. The van der Waals surface area contributed by atoms with E-state index >= 15 is 0 Å². The van der Waals surface area contributed by atoms with E-state index in [0.29, 0.717) is 18.7 Å². The topological polar surface area (TPSA) is 75.1 Å². The van der Waals surface area contributed by atoms with Crippen LogP contribution in [0.2, 0.25) is 0 Å². The largest absolute Gasteiger partial charge is 0.508 e. The summed E-state index contributed by atoms with van der Waals surface area (Å²) < 4.78 is 0. The van der Waals surface area contributed by atoms with Crippen LogP contribution >= 0.6 is 0 Å². The van der Waals surface area contributed by atoms with E-state index in [2.05, 4.69) is 5.32 Å². The van der Waals surface area contributed by atoms with Crippen molar-refractivity contribution in [1.82, 2.24) is 9.97 Å². The number of phenolic OH excluding ortho intramolecular Hbond substituents is 1. The molecule has 5 nitrogen and oxygen atoms in total. The van der Waals surface area contributed by atoms with Gasteiger partial charge >= 0.3 is 0 Å². The minimum Gasteiger partial charge on any atom is -0.508 e. The molecule has 0 aliphatic heterocycles. The average molecular weight is 422 g/mol. The highest BCUT2D eigenvalue weighted by molar-refractivity contribution is 5.92. The maximum absolute atomic E-state index is 12.8. The van der Waals surface area contributed by atoms with Crippen LogP contribution in [-0.2, 0) is 30.5 Å². The molecule has 0 bridgehead atoms. The van der Waals surface area contributed by atoms with Crippen molar-refractivity contribution < 1.29 is 9.90 Å². The van der Waals surface area contributed by atoms with Crippen molar-refractivity contribution in [2.45, 2.75) is 25.7 Å². The van der Waals surface area contributed by atoms with Gasteiger partial charge in [0.05, 0.1) is 23.5 Å². The van der Waals surface area contributed by atoms with Gasteiger partial charge < -0.3 is 10.4 Å². The first-order chi connectivity index (χ1) is 15.7. The van der Waals surface area contributed by atoms with E-state index in [-0.39, 0.29) is 18.1 Å². The lowest BCUT2D eigenvalue weighted by molar-refractivity contribution is -0.115. The first-order valence-electron chi connectivity index (χ1n) is 10.8. The van der Waals surface area contributed by atoms with Crippen molar-refractivity contribution in [2.75, 3.05) is 5.32 Å². The van der Waals surface area contributed by atoms with Crippen molar-refractivity contribution in [2.24, 2.45) is 0 Å². The standard InChI is InChI=1S/C27H23N3O2/c31-21-12-13-22-20(17-21)11-14-23-26(22)28-24(15-18-7-3-1-4-8-18)27(29-23)30-25(32)16-19-9-5-2-6-10-19/h1-10,12-13,17,31H,11,14-16H2,(H,29,30,32). The number of phenols is 1. The number of carbonyl (C=O) groups excluding carboxylic acids is 1. The van der Waals surface area contributed by atoms with Gasteiger partial charge in [0.2, 0.25) is 5.91 Å². The number of fused-ring (bicyclic) bond motifs is 3. The Bertz CT molecular complexity index is 1270. The summed E-state index contributed by atoms with van der Waals surface area (Å²) in [6.07, 6.45) is 2.34. The molecule has 0 spiro atoms. The van der Waals surface area contributed by atoms with Crippen molar-refractivity contribution in [1.29, 1.82) is 0 Å². The molecule has 0 unspecified atom stereocenters. The minimum atomic E-state index is -0.110. The fourth-order valence-corrected chi connectivity index (χ4v) is 4.14. The Morgan fingerprint density at radius 1 is 0.875 bits per heavy atom. The van der Waals surface area contributed by atoms with Gasteiger partial charge in [-0.3, -0.25) is 4.79 Å². The Morgan fingerprint density at radius 2 is 1.59 bits per heavy atom. The zero-order chi connectivity index (χ0) is 21.9. The summed E-state index contributed by atoms with van der Waals surface area (Å²) >= 11 is 0. The average Bonchev–Trinajstić information content (AvgIpc) is 2.80. The molecule has 0 saturated heterocycles. The van der Waals surface area contributed by atoms with Crippen LogP contribution in [0.4, 0.5) is 5.82 Å². The number of aromatic hydroxyl groups is 1. The summed E-state index contributed by atoms with van der Waals surface area (Å²) in [7, 11) is 0. The molecule has 1 aliphatic rings. The van der Waals surface area contributed by atoms with E-state index in [0.717, 1.165) is 45.8 Å². The van der Waals surface area contributed by atoms with E-state index in [1.54, 1.807) is 12.1 Å². The number of nitrogens with zero attached hydrogens (tertiary/aromatic N) is 2. The number of rotatable bonds is 5. The molecule has 1 aliphatic carbocycles. The van der Waals surface area contributed by atoms with Crippen LogP contribution < -0.4 is 5.32 Å². The second kappa shape index (κ2) is 8.63. The van der Waals surface area contributed by atoms with E-state index in [9.17, 15) is 9.90 Å². The SMILES string of the molecule is O=C(Cc1ccccc1)Nc1nc2c(nc1Cc1ccccc1)-c1ccc(O)cc1CC2. The summed E-state index contributed by atoms with van der Waals surface area (Å²) in [6, 6.07) is 25.1. The number of aryl methyl sites for hydroxylation is 2. The Balaban J connectivity index is 1.52. The van der Waals surface area contributed by atoms with Gasteiger partial charge in [0.1, 0.15) is 5.75 Å². The molecule has 1 heterocycles. The third kappa shape index (κ3) is 4.23. The third-order valence-electron chi connectivity index (χ3n) is 5.70. The highest BCUT2D eigenvalue weighted by Crippen LogP contribution is 2.35. The smallest absolute Gasteiger partial charge is 0.229 e. The van der Waals surface area contributed by atoms with E-state index in [1.165, 1.54) is 0 Å². The lowest BCUT2D eigenvalue weighted by Gasteiger charge is -2.21. The van der Waals surface area contributed by atoms with Crippen molar-refractivity contribution >= 4 is 11.7 Å². The van der Waals surface area contributed by atoms with Crippen LogP contribution in [0.5, 0.6) is 5.75 Å². The van der Waals surface area contributed by atoms with Crippen LogP contribution in [0, 0.1) is 0 Å². The number of hydrogen-bond acceptors (Lipinski definition) is 4. The summed E-state index contributed by atoms with van der Waals surface area (Å²) in [6.45, 7) is 0.